The molecule has 0 aliphatic rings. The van der Waals surface area contributed by atoms with Crippen molar-refractivity contribution in [1.82, 2.24) is 5.32 Å². The van der Waals surface area contributed by atoms with Gasteiger partial charge in [0.25, 0.3) is 0 Å². The predicted molar refractivity (Wildman–Crippen MR) is 75.7 cm³/mol. The fraction of sp³-hybridized carbons (Fsp3) is 0.417. The second-order valence-electron chi connectivity index (χ2n) is 3.84. The van der Waals surface area contributed by atoms with Crippen LogP contribution in [0.1, 0.15) is 18.9 Å². The summed E-state index contributed by atoms with van der Waals surface area (Å²) in [6, 6.07) is 6.27. The first-order valence-corrected chi connectivity index (χ1v) is 6.34. The Morgan fingerprint density at radius 2 is 2.19 bits per heavy atom. The van der Waals surface area contributed by atoms with Gasteiger partial charge in [-0.05, 0) is 54.1 Å². The van der Waals surface area contributed by atoms with Gasteiger partial charge < -0.3 is 10.6 Å². The third-order valence-electron chi connectivity index (χ3n) is 2.44. The van der Waals surface area contributed by atoms with Gasteiger partial charge >= 0.3 is 0 Å². The molecular formula is C12H17IN2O. The molecule has 88 valence electrons. The number of rotatable bonds is 4. The highest BCUT2D eigenvalue weighted by molar-refractivity contribution is 14.1. The Morgan fingerprint density at radius 1 is 1.50 bits per heavy atom. The highest BCUT2D eigenvalue weighted by Gasteiger charge is 2.09. The number of hydrogen-bond donors (Lipinski definition) is 2. The zero-order valence-electron chi connectivity index (χ0n) is 9.80. The van der Waals surface area contributed by atoms with Gasteiger partial charge in [0.2, 0.25) is 5.91 Å². The van der Waals surface area contributed by atoms with Crippen LogP contribution in [0, 0.1) is 10.5 Å². The third-order valence-corrected chi connectivity index (χ3v) is 3.61. The molecule has 1 amide bonds. The van der Waals surface area contributed by atoms with Crippen molar-refractivity contribution in [1.29, 1.82) is 0 Å². The van der Waals surface area contributed by atoms with Crippen molar-refractivity contribution in [3.05, 3.63) is 27.3 Å². The van der Waals surface area contributed by atoms with Gasteiger partial charge in [0.15, 0.2) is 0 Å². The summed E-state index contributed by atoms with van der Waals surface area (Å²) in [4.78, 5) is 11.2. The SMILES string of the molecule is CNC(=O)CC(C)Nc1cccc(I)c1C. The lowest BCUT2D eigenvalue weighted by Crippen LogP contribution is -2.27. The maximum atomic E-state index is 11.2. The molecule has 1 aromatic rings. The minimum Gasteiger partial charge on any atom is -0.382 e. The van der Waals surface area contributed by atoms with E-state index in [-0.39, 0.29) is 11.9 Å². The van der Waals surface area contributed by atoms with Crippen molar-refractivity contribution in [2.75, 3.05) is 12.4 Å². The van der Waals surface area contributed by atoms with Gasteiger partial charge in [0, 0.05) is 28.8 Å². The highest BCUT2D eigenvalue weighted by Crippen LogP contribution is 2.21. The van der Waals surface area contributed by atoms with Crippen LogP contribution in [0.25, 0.3) is 0 Å². The van der Waals surface area contributed by atoms with Crippen molar-refractivity contribution in [3.8, 4) is 0 Å². The minimum absolute atomic E-state index is 0.0586. The molecule has 0 heterocycles. The van der Waals surface area contributed by atoms with Crippen molar-refractivity contribution >= 4 is 34.2 Å². The van der Waals surface area contributed by atoms with E-state index in [1.807, 2.05) is 19.1 Å². The molecule has 16 heavy (non-hydrogen) atoms. The lowest BCUT2D eigenvalue weighted by molar-refractivity contribution is -0.120. The second-order valence-corrected chi connectivity index (χ2v) is 5.00. The average molecular weight is 332 g/mol. The molecule has 1 unspecified atom stereocenters. The standard InChI is InChI=1S/C12H17IN2O/c1-8(7-12(16)14-3)15-11-6-4-5-10(13)9(11)2/h4-6,8,15H,7H2,1-3H3,(H,14,16). The smallest absolute Gasteiger partial charge is 0.221 e. The summed E-state index contributed by atoms with van der Waals surface area (Å²) in [6.45, 7) is 4.09. The van der Waals surface area contributed by atoms with Gasteiger partial charge in [0.05, 0.1) is 0 Å². The molecule has 3 nitrogen and oxygen atoms in total. The number of carbonyl (C=O) groups excluding carboxylic acids is 1. The quantitative estimate of drug-likeness (QED) is 0.832. The Kier molecular flexibility index (Phi) is 5.05. The lowest BCUT2D eigenvalue weighted by atomic mass is 10.1. The molecule has 2 N–H and O–H groups in total. The number of carbonyl (C=O) groups is 1. The molecule has 1 aromatic carbocycles. The molecule has 0 aliphatic carbocycles. The number of nitrogens with one attached hydrogen (secondary N) is 2. The van der Waals surface area contributed by atoms with Crippen molar-refractivity contribution in [3.63, 3.8) is 0 Å². The highest BCUT2D eigenvalue weighted by atomic mass is 127. The molecule has 0 bridgehead atoms. The van der Waals surface area contributed by atoms with Crippen LogP contribution in [0.3, 0.4) is 0 Å². The van der Waals surface area contributed by atoms with Crippen LogP contribution in [0.4, 0.5) is 5.69 Å². The van der Waals surface area contributed by atoms with E-state index in [1.54, 1.807) is 7.05 Å². The molecule has 4 heteroatoms. The summed E-state index contributed by atoms with van der Waals surface area (Å²) in [7, 11) is 1.66. The molecule has 1 atom stereocenters. The largest absolute Gasteiger partial charge is 0.382 e. The van der Waals surface area contributed by atoms with Gasteiger partial charge in [-0.2, -0.15) is 0 Å². The summed E-state index contributed by atoms with van der Waals surface area (Å²) in [5.74, 6) is 0.0586. The maximum Gasteiger partial charge on any atom is 0.221 e. The van der Waals surface area contributed by atoms with Crippen LogP contribution in [-0.2, 0) is 4.79 Å². The molecule has 1 rings (SSSR count). The van der Waals surface area contributed by atoms with E-state index in [9.17, 15) is 4.79 Å². The van der Waals surface area contributed by atoms with Gasteiger partial charge in [-0.15, -0.1) is 0 Å². The van der Waals surface area contributed by atoms with Crippen LogP contribution in [0.5, 0.6) is 0 Å². The predicted octanol–water partition coefficient (Wildman–Crippen LogP) is 2.54. The van der Waals surface area contributed by atoms with Gasteiger partial charge in [-0.25, -0.2) is 0 Å². The second kappa shape index (κ2) is 6.08. The molecule has 0 saturated carbocycles. The van der Waals surface area contributed by atoms with E-state index < -0.39 is 0 Å². The number of halogens is 1. The molecule has 0 saturated heterocycles. The summed E-state index contributed by atoms with van der Waals surface area (Å²) < 4.78 is 1.23. The topological polar surface area (TPSA) is 41.1 Å². The fourth-order valence-corrected chi connectivity index (χ4v) is 1.96. The summed E-state index contributed by atoms with van der Waals surface area (Å²) in [5.41, 5.74) is 2.33. The van der Waals surface area contributed by atoms with Crippen LogP contribution >= 0.6 is 22.6 Å². The fourth-order valence-electron chi connectivity index (χ4n) is 1.46. The normalized spacial score (nSPS) is 12.0. The number of benzene rings is 1. The Morgan fingerprint density at radius 3 is 2.81 bits per heavy atom. The average Bonchev–Trinajstić information content (AvgIpc) is 2.24. The van der Waals surface area contributed by atoms with Gasteiger partial charge in [-0.3, -0.25) is 4.79 Å². The summed E-state index contributed by atoms with van der Waals surface area (Å²) in [6.07, 6.45) is 0.488. The van der Waals surface area contributed by atoms with E-state index in [0.717, 1.165) is 5.69 Å². The molecular weight excluding hydrogens is 315 g/mol. The number of anilines is 1. The van der Waals surface area contributed by atoms with E-state index in [4.69, 9.17) is 0 Å². The van der Waals surface area contributed by atoms with E-state index >= 15 is 0 Å². The molecule has 0 fully saturated rings. The Bertz CT molecular complexity index is 379. The van der Waals surface area contributed by atoms with Crippen LogP contribution in [0.2, 0.25) is 0 Å². The number of amides is 1. The first-order chi connectivity index (χ1) is 7.54. The maximum absolute atomic E-state index is 11.2. The molecule has 0 spiro atoms. The Balaban J connectivity index is 2.66. The lowest BCUT2D eigenvalue weighted by Gasteiger charge is -2.16. The van der Waals surface area contributed by atoms with E-state index in [1.165, 1.54) is 9.13 Å². The zero-order chi connectivity index (χ0) is 12.1. The van der Waals surface area contributed by atoms with E-state index in [0.29, 0.717) is 6.42 Å². The third kappa shape index (κ3) is 3.66. The van der Waals surface area contributed by atoms with E-state index in [2.05, 4.69) is 46.2 Å². The van der Waals surface area contributed by atoms with Gasteiger partial charge in [0.1, 0.15) is 0 Å². The first-order valence-electron chi connectivity index (χ1n) is 5.26. The van der Waals surface area contributed by atoms with Crippen LogP contribution in [0.15, 0.2) is 18.2 Å². The molecule has 0 radical (unpaired) electrons. The van der Waals surface area contributed by atoms with Crippen LogP contribution in [-0.4, -0.2) is 19.0 Å². The van der Waals surface area contributed by atoms with Gasteiger partial charge in [-0.1, -0.05) is 6.07 Å². The molecule has 0 aromatic heterocycles. The van der Waals surface area contributed by atoms with Crippen molar-refractivity contribution < 1.29 is 4.79 Å². The summed E-state index contributed by atoms with van der Waals surface area (Å²) in [5, 5.41) is 5.98. The Hall–Kier alpha value is -0.780. The number of hydrogen-bond acceptors (Lipinski definition) is 2. The monoisotopic (exact) mass is 332 g/mol. The molecule has 0 aliphatic heterocycles. The first kappa shape index (κ1) is 13.3. The Labute approximate surface area is 110 Å². The van der Waals surface area contributed by atoms with Crippen molar-refractivity contribution in [2.45, 2.75) is 26.3 Å². The van der Waals surface area contributed by atoms with Crippen LogP contribution < -0.4 is 10.6 Å². The van der Waals surface area contributed by atoms with Crippen molar-refractivity contribution in [2.24, 2.45) is 0 Å². The zero-order valence-corrected chi connectivity index (χ0v) is 12.0. The minimum atomic E-state index is 0.0586. The summed E-state index contributed by atoms with van der Waals surface area (Å²) >= 11 is 2.31.